The third-order valence-corrected chi connectivity index (χ3v) is 6.05. The van der Waals surface area contributed by atoms with Gasteiger partial charge in [0.05, 0.1) is 24.2 Å². The molecule has 2 heterocycles. The number of amides is 1. The van der Waals surface area contributed by atoms with Crippen LogP contribution < -0.4 is 9.64 Å². The molecule has 0 bridgehead atoms. The molecule has 34 heavy (non-hydrogen) atoms. The molecule has 1 saturated heterocycles. The van der Waals surface area contributed by atoms with E-state index in [4.69, 9.17) is 9.84 Å². The minimum absolute atomic E-state index is 0.0984. The van der Waals surface area contributed by atoms with Crippen molar-refractivity contribution < 1.29 is 13.9 Å². The maximum atomic E-state index is 14.2. The summed E-state index contributed by atoms with van der Waals surface area (Å²) >= 11 is 0. The zero-order valence-electron chi connectivity index (χ0n) is 18.9. The zero-order chi connectivity index (χ0) is 23.5. The average molecular weight is 457 g/mol. The van der Waals surface area contributed by atoms with E-state index >= 15 is 0 Å². The Morgan fingerprint density at radius 3 is 2.35 bits per heavy atom. The normalized spacial score (nSPS) is 13.7. The second-order valence-electron chi connectivity index (χ2n) is 8.12. The van der Waals surface area contributed by atoms with Gasteiger partial charge in [-0.3, -0.25) is 4.79 Å². The van der Waals surface area contributed by atoms with Crippen LogP contribution >= 0.6 is 0 Å². The summed E-state index contributed by atoms with van der Waals surface area (Å²) in [6.45, 7) is 2.13. The van der Waals surface area contributed by atoms with Crippen molar-refractivity contribution in [2.45, 2.75) is 0 Å². The number of carbonyl (C=O) groups excluding carboxylic acids is 1. The van der Waals surface area contributed by atoms with Gasteiger partial charge in [0, 0.05) is 31.7 Å². The number of halogens is 1. The van der Waals surface area contributed by atoms with Crippen molar-refractivity contribution >= 4 is 11.6 Å². The lowest BCUT2D eigenvalue weighted by atomic mass is 10.1. The summed E-state index contributed by atoms with van der Waals surface area (Å²) in [6, 6.07) is 25.8. The molecule has 1 aromatic heterocycles. The third-order valence-electron chi connectivity index (χ3n) is 6.05. The number of nitrogens with zero attached hydrogens (tertiary/aromatic N) is 4. The molecule has 1 amide bonds. The molecular formula is C27H25FN4O2. The number of carbonyl (C=O) groups is 1. The van der Waals surface area contributed by atoms with Crippen LogP contribution in [0.5, 0.6) is 5.75 Å². The van der Waals surface area contributed by atoms with E-state index in [0.717, 1.165) is 17.0 Å². The van der Waals surface area contributed by atoms with E-state index < -0.39 is 0 Å². The molecule has 5 rings (SSSR count). The van der Waals surface area contributed by atoms with E-state index in [0.29, 0.717) is 43.3 Å². The predicted octanol–water partition coefficient (Wildman–Crippen LogP) is 4.65. The smallest absolute Gasteiger partial charge is 0.272 e. The highest BCUT2D eigenvalue weighted by molar-refractivity contribution is 5.94. The van der Waals surface area contributed by atoms with E-state index in [1.807, 2.05) is 76.5 Å². The Kier molecular flexibility index (Phi) is 5.99. The van der Waals surface area contributed by atoms with Crippen molar-refractivity contribution in [1.82, 2.24) is 14.7 Å². The van der Waals surface area contributed by atoms with Gasteiger partial charge >= 0.3 is 0 Å². The third kappa shape index (κ3) is 4.24. The lowest BCUT2D eigenvalue weighted by Crippen LogP contribution is -2.49. The number of rotatable bonds is 5. The highest BCUT2D eigenvalue weighted by Gasteiger charge is 2.27. The number of aromatic nitrogens is 2. The molecule has 1 aliphatic heterocycles. The predicted molar refractivity (Wildman–Crippen MR) is 130 cm³/mol. The Labute approximate surface area is 197 Å². The van der Waals surface area contributed by atoms with E-state index in [-0.39, 0.29) is 11.7 Å². The van der Waals surface area contributed by atoms with Crippen molar-refractivity contribution in [3.63, 3.8) is 0 Å². The van der Waals surface area contributed by atoms with Gasteiger partial charge in [0.1, 0.15) is 17.3 Å². The van der Waals surface area contributed by atoms with Crippen molar-refractivity contribution in [1.29, 1.82) is 0 Å². The number of ether oxygens (including phenoxy) is 1. The summed E-state index contributed by atoms with van der Waals surface area (Å²) in [5.74, 6) is 0.384. The molecule has 172 valence electrons. The molecule has 1 fully saturated rings. The lowest BCUT2D eigenvalue weighted by Gasteiger charge is -2.36. The van der Waals surface area contributed by atoms with E-state index in [1.165, 1.54) is 6.07 Å². The van der Waals surface area contributed by atoms with Crippen molar-refractivity contribution in [2.24, 2.45) is 0 Å². The van der Waals surface area contributed by atoms with Gasteiger partial charge in [-0.15, -0.1) is 0 Å². The number of para-hydroxylation sites is 2. The first-order chi connectivity index (χ1) is 16.6. The lowest BCUT2D eigenvalue weighted by molar-refractivity contribution is 0.0737. The van der Waals surface area contributed by atoms with Gasteiger partial charge in [0.2, 0.25) is 0 Å². The number of hydrogen-bond acceptors (Lipinski definition) is 4. The Morgan fingerprint density at radius 1 is 0.882 bits per heavy atom. The second-order valence-corrected chi connectivity index (χ2v) is 8.12. The van der Waals surface area contributed by atoms with Gasteiger partial charge < -0.3 is 14.5 Å². The Morgan fingerprint density at radius 2 is 1.62 bits per heavy atom. The number of hydrogen-bond donors (Lipinski definition) is 0. The molecule has 0 aliphatic carbocycles. The molecule has 1 aliphatic rings. The van der Waals surface area contributed by atoms with Crippen LogP contribution in [0, 0.1) is 5.82 Å². The van der Waals surface area contributed by atoms with Crippen LogP contribution in [0.2, 0.25) is 0 Å². The summed E-state index contributed by atoms with van der Waals surface area (Å²) in [5, 5.41) is 4.77. The number of anilines is 1. The molecule has 0 atom stereocenters. The summed E-state index contributed by atoms with van der Waals surface area (Å²) in [5.41, 5.74) is 3.43. The minimum Gasteiger partial charge on any atom is -0.497 e. The molecule has 3 aromatic carbocycles. The van der Waals surface area contributed by atoms with Crippen LogP contribution in [0.1, 0.15) is 10.5 Å². The molecular weight excluding hydrogens is 431 g/mol. The highest BCUT2D eigenvalue weighted by atomic mass is 19.1. The van der Waals surface area contributed by atoms with Gasteiger partial charge in [-0.25, -0.2) is 9.07 Å². The molecule has 0 N–H and O–H groups in total. The fourth-order valence-corrected chi connectivity index (χ4v) is 4.24. The first-order valence-electron chi connectivity index (χ1n) is 11.2. The minimum atomic E-state index is -0.243. The average Bonchev–Trinajstić information content (AvgIpc) is 3.35. The number of methoxy groups -OCH3 is 1. The Hall–Kier alpha value is -4.13. The van der Waals surface area contributed by atoms with Crippen LogP contribution in [0.4, 0.5) is 10.1 Å². The van der Waals surface area contributed by atoms with Crippen LogP contribution in [0.15, 0.2) is 84.9 Å². The second kappa shape index (κ2) is 9.39. The summed E-state index contributed by atoms with van der Waals surface area (Å²) in [6.07, 6.45) is 0. The summed E-state index contributed by atoms with van der Waals surface area (Å²) in [7, 11) is 1.62. The van der Waals surface area contributed by atoms with Gasteiger partial charge in [-0.1, -0.05) is 42.5 Å². The first kappa shape index (κ1) is 21.7. The molecule has 6 nitrogen and oxygen atoms in total. The molecule has 0 spiro atoms. The van der Waals surface area contributed by atoms with Gasteiger partial charge in [0.15, 0.2) is 0 Å². The molecule has 0 unspecified atom stereocenters. The molecule has 7 heteroatoms. The van der Waals surface area contributed by atoms with E-state index in [9.17, 15) is 9.18 Å². The van der Waals surface area contributed by atoms with Gasteiger partial charge in [-0.05, 0) is 42.5 Å². The maximum absolute atomic E-state index is 14.2. The van der Waals surface area contributed by atoms with Crippen LogP contribution in [0.25, 0.3) is 16.9 Å². The zero-order valence-corrected chi connectivity index (χ0v) is 18.9. The molecule has 0 radical (unpaired) electrons. The van der Waals surface area contributed by atoms with E-state index in [1.54, 1.807) is 23.9 Å². The van der Waals surface area contributed by atoms with Gasteiger partial charge in [0.25, 0.3) is 5.91 Å². The Bertz CT molecular complexity index is 1300. The summed E-state index contributed by atoms with van der Waals surface area (Å²) < 4.78 is 21.3. The van der Waals surface area contributed by atoms with Crippen molar-refractivity contribution in [2.75, 3.05) is 38.2 Å². The number of piperazine rings is 1. The standard InChI is InChI=1S/C27H25FN4O2/c1-34-22-11-7-8-20(18-22)24-19-26(32(29-24)21-9-3-2-4-10-21)27(33)31-16-14-30(15-17-31)25-13-6-5-12-23(25)28/h2-13,18-19H,14-17H2,1H3. The SMILES string of the molecule is COc1cccc(-c2cc(C(=O)N3CCN(c4ccccc4F)CC3)n(-c3ccccc3)n2)c1. The Balaban J connectivity index is 1.43. The van der Waals surface area contributed by atoms with Crippen LogP contribution in [-0.2, 0) is 0 Å². The molecule has 4 aromatic rings. The topological polar surface area (TPSA) is 50.6 Å². The van der Waals surface area contributed by atoms with E-state index in [2.05, 4.69) is 0 Å². The summed E-state index contributed by atoms with van der Waals surface area (Å²) in [4.78, 5) is 17.4. The van der Waals surface area contributed by atoms with Crippen LogP contribution in [-0.4, -0.2) is 53.9 Å². The van der Waals surface area contributed by atoms with Crippen LogP contribution in [0.3, 0.4) is 0 Å². The number of benzene rings is 3. The van der Waals surface area contributed by atoms with Crippen molar-refractivity contribution in [3.8, 4) is 22.7 Å². The maximum Gasteiger partial charge on any atom is 0.272 e. The fraction of sp³-hybridized carbons (Fsp3) is 0.185. The largest absolute Gasteiger partial charge is 0.497 e. The van der Waals surface area contributed by atoms with Gasteiger partial charge in [-0.2, -0.15) is 5.10 Å². The monoisotopic (exact) mass is 456 g/mol. The first-order valence-corrected chi connectivity index (χ1v) is 11.2. The molecule has 0 saturated carbocycles. The fourth-order valence-electron chi connectivity index (χ4n) is 4.24. The van der Waals surface area contributed by atoms with Crippen molar-refractivity contribution in [3.05, 3.63) is 96.4 Å². The quantitative estimate of drug-likeness (QED) is 0.439. The highest BCUT2D eigenvalue weighted by Crippen LogP contribution is 2.27.